The van der Waals surface area contributed by atoms with Crippen LogP contribution in [0.25, 0.3) is 11.0 Å². The van der Waals surface area contributed by atoms with E-state index < -0.39 is 5.92 Å². The molecule has 1 N–H and O–H groups in total. The standard InChI is InChI=1S/C21H22N4O2S/c1-3-27-21(26)16(13-15-9-5-4-6-10-15)14(2)24-25-19-20(28)23-18-12-8-7-11-17(18)22-19/h4-12,14,16H,3,13H2,1-2H3,(H,23,28). The average Bonchev–Trinajstić information content (AvgIpc) is 2.71. The summed E-state index contributed by atoms with van der Waals surface area (Å²) in [4.78, 5) is 20.0. The van der Waals surface area contributed by atoms with Crippen molar-refractivity contribution in [3.8, 4) is 0 Å². The van der Waals surface area contributed by atoms with Crippen LogP contribution in [-0.2, 0) is 16.0 Å². The number of hydrogen-bond acceptors (Lipinski definition) is 6. The number of rotatable bonds is 7. The van der Waals surface area contributed by atoms with Crippen LogP contribution in [0.5, 0.6) is 0 Å². The maximum absolute atomic E-state index is 12.5. The van der Waals surface area contributed by atoms with E-state index in [1.54, 1.807) is 6.92 Å². The third-order valence-corrected chi connectivity index (χ3v) is 4.67. The Morgan fingerprint density at radius 1 is 1.18 bits per heavy atom. The van der Waals surface area contributed by atoms with Gasteiger partial charge in [0.05, 0.1) is 29.6 Å². The van der Waals surface area contributed by atoms with Gasteiger partial charge in [-0.1, -0.05) is 54.7 Å². The lowest BCUT2D eigenvalue weighted by molar-refractivity contribution is -0.148. The maximum atomic E-state index is 12.5. The van der Waals surface area contributed by atoms with Gasteiger partial charge in [0.15, 0.2) is 4.64 Å². The summed E-state index contributed by atoms with van der Waals surface area (Å²) in [5.74, 6) is -0.388. The Bertz CT molecular complexity index is 1030. The number of benzene rings is 2. The van der Waals surface area contributed by atoms with Crippen LogP contribution in [0, 0.1) is 10.6 Å². The molecule has 0 aliphatic carbocycles. The summed E-state index contributed by atoms with van der Waals surface area (Å²) in [6, 6.07) is 17.0. The number of carbonyl (C=O) groups excluding carboxylic acids is 1. The molecule has 2 atom stereocenters. The Morgan fingerprint density at radius 2 is 1.89 bits per heavy atom. The van der Waals surface area contributed by atoms with Crippen molar-refractivity contribution in [2.45, 2.75) is 26.3 Å². The predicted molar refractivity (Wildman–Crippen MR) is 111 cm³/mol. The molecule has 3 aromatic rings. The molecule has 0 aliphatic rings. The Hall–Kier alpha value is -2.93. The molecule has 0 amide bonds. The molecule has 7 heteroatoms. The van der Waals surface area contributed by atoms with Crippen molar-refractivity contribution >= 4 is 35.0 Å². The van der Waals surface area contributed by atoms with Crippen LogP contribution in [0.1, 0.15) is 19.4 Å². The lowest BCUT2D eigenvalue weighted by Crippen LogP contribution is -2.28. The van der Waals surface area contributed by atoms with Crippen LogP contribution < -0.4 is 0 Å². The molecule has 28 heavy (non-hydrogen) atoms. The highest BCUT2D eigenvalue weighted by molar-refractivity contribution is 7.71. The van der Waals surface area contributed by atoms with Gasteiger partial charge < -0.3 is 9.72 Å². The van der Waals surface area contributed by atoms with Gasteiger partial charge >= 0.3 is 5.97 Å². The Balaban J connectivity index is 1.84. The molecule has 0 spiro atoms. The first-order chi connectivity index (χ1) is 13.6. The SMILES string of the molecule is CCOC(=O)C(Cc1ccccc1)C(C)N=Nc1nc2ccccc2[nH]c1=S. The largest absolute Gasteiger partial charge is 0.466 e. The van der Waals surface area contributed by atoms with Gasteiger partial charge in [-0.05, 0) is 38.0 Å². The number of fused-ring (bicyclic) bond motifs is 1. The zero-order valence-corrected chi connectivity index (χ0v) is 16.6. The fraction of sp³-hybridized carbons (Fsp3) is 0.286. The minimum absolute atomic E-state index is 0.283. The van der Waals surface area contributed by atoms with Crippen molar-refractivity contribution in [1.82, 2.24) is 9.97 Å². The van der Waals surface area contributed by atoms with Gasteiger partial charge in [0.25, 0.3) is 0 Å². The lowest BCUT2D eigenvalue weighted by Gasteiger charge is -2.18. The third kappa shape index (κ3) is 4.86. The van der Waals surface area contributed by atoms with E-state index in [2.05, 4.69) is 20.2 Å². The number of nitrogens with one attached hydrogen (secondary N) is 1. The molecule has 0 saturated carbocycles. The lowest BCUT2D eigenvalue weighted by atomic mass is 9.93. The minimum atomic E-state index is -0.441. The summed E-state index contributed by atoms with van der Waals surface area (Å²) in [7, 11) is 0. The molecule has 0 saturated heterocycles. The number of para-hydroxylation sites is 2. The number of aromatic nitrogens is 2. The Labute approximate surface area is 168 Å². The van der Waals surface area contributed by atoms with Crippen LogP contribution in [0.3, 0.4) is 0 Å². The van der Waals surface area contributed by atoms with Crippen LogP contribution in [-0.4, -0.2) is 28.6 Å². The van der Waals surface area contributed by atoms with Gasteiger partial charge in [0, 0.05) is 0 Å². The molecule has 1 aromatic heterocycles. The van der Waals surface area contributed by atoms with Crippen LogP contribution in [0.2, 0.25) is 0 Å². The van der Waals surface area contributed by atoms with Crippen LogP contribution in [0.4, 0.5) is 5.82 Å². The van der Waals surface area contributed by atoms with E-state index in [-0.39, 0.29) is 12.0 Å². The summed E-state index contributed by atoms with van der Waals surface area (Å²) in [5, 5.41) is 8.57. The van der Waals surface area contributed by atoms with Crippen molar-refractivity contribution in [2.24, 2.45) is 16.1 Å². The van der Waals surface area contributed by atoms with Gasteiger partial charge in [-0.25, -0.2) is 4.98 Å². The second-order valence-electron chi connectivity index (χ2n) is 6.41. The van der Waals surface area contributed by atoms with Crippen LogP contribution in [0.15, 0.2) is 64.8 Å². The number of aromatic amines is 1. The van der Waals surface area contributed by atoms with Gasteiger partial charge in [0.1, 0.15) is 0 Å². The minimum Gasteiger partial charge on any atom is -0.466 e. The molecule has 3 rings (SSSR count). The zero-order valence-electron chi connectivity index (χ0n) is 15.8. The number of esters is 1. The molecular weight excluding hydrogens is 372 g/mol. The highest BCUT2D eigenvalue weighted by atomic mass is 32.1. The van der Waals surface area contributed by atoms with E-state index in [1.807, 2.05) is 61.5 Å². The summed E-state index contributed by atoms with van der Waals surface area (Å²) in [6.07, 6.45) is 0.526. The second kappa shape index (κ2) is 9.32. The first-order valence-corrected chi connectivity index (χ1v) is 9.59. The van der Waals surface area contributed by atoms with Crippen molar-refractivity contribution < 1.29 is 9.53 Å². The van der Waals surface area contributed by atoms with Crippen LogP contribution >= 0.6 is 12.2 Å². The average molecular weight is 395 g/mol. The van der Waals surface area contributed by atoms with E-state index >= 15 is 0 Å². The number of carbonyl (C=O) groups is 1. The normalized spacial score (nSPS) is 13.5. The summed E-state index contributed by atoms with van der Waals surface area (Å²) >= 11 is 5.33. The zero-order chi connectivity index (χ0) is 19.9. The molecule has 1 heterocycles. The van der Waals surface area contributed by atoms with Crippen molar-refractivity contribution in [2.75, 3.05) is 6.61 Å². The molecule has 2 aromatic carbocycles. The molecule has 0 aliphatic heterocycles. The monoisotopic (exact) mass is 394 g/mol. The highest BCUT2D eigenvalue weighted by Gasteiger charge is 2.27. The maximum Gasteiger partial charge on any atom is 0.311 e. The fourth-order valence-electron chi connectivity index (χ4n) is 2.88. The summed E-state index contributed by atoms with van der Waals surface area (Å²) in [5.41, 5.74) is 2.64. The third-order valence-electron chi connectivity index (χ3n) is 4.39. The van der Waals surface area contributed by atoms with E-state index in [9.17, 15) is 4.79 Å². The number of nitrogens with zero attached hydrogens (tertiary/aromatic N) is 3. The molecule has 0 bridgehead atoms. The first-order valence-electron chi connectivity index (χ1n) is 9.19. The number of ether oxygens (including phenoxy) is 1. The predicted octanol–water partition coefficient (Wildman–Crippen LogP) is 5.19. The summed E-state index contributed by atoms with van der Waals surface area (Å²) in [6.45, 7) is 3.97. The van der Waals surface area contributed by atoms with Crippen molar-refractivity contribution in [3.05, 3.63) is 64.8 Å². The topological polar surface area (TPSA) is 79.7 Å². The van der Waals surface area contributed by atoms with E-state index in [0.717, 1.165) is 16.6 Å². The molecular formula is C21H22N4O2S. The fourth-order valence-corrected chi connectivity index (χ4v) is 3.08. The highest BCUT2D eigenvalue weighted by Crippen LogP contribution is 2.21. The molecule has 6 nitrogen and oxygen atoms in total. The van der Waals surface area contributed by atoms with E-state index in [4.69, 9.17) is 17.0 Å². The van der Waals surface area contributed by atoms with Crippen molar-refractivity contribution in [1.29, 1.82) is 0 Å². The number of hydrogen-bond donors (Lipinski definition) is 1. The van der Waals surface area contributed by atoms with Gasteiger partial charge in [0.2, 0.25) is 5.82 Å². The summed E-state index contributed by atoms with van der Waals surface area (Å²) < 4.78 is 5.66. The van der Waals surface area contributed by atoms with Gasteiger partial charge in [-0.2, -0.15) is 5.11 Å². The second-order valence-corrected chi connectivity index (χ2v) is 6.82. The van der Waals surface area contributed by atoms with E-state index in [0.29, 0.717) is 23.5 Å². The van der Waals surface area contributed by atoms with Gasteiger partial charge in [-0.15, -0.1) is 5.11 Å². The smallest absolute Gasteiger partial charge is 0.311 e. The molecule has 0 fully saturated rings. The van der Waals surface area contributed by atoms with E-state index in [1.165, 1.54) is 0 Å². The molecule has 2 unspecified atom stereocenters. The molecule has 0 radical (unpaired) electrons. The molecule has 144 valence electrons. The quantitative estimate of drug-likeness (QED) is 0.340. The Morgan fingerprint density at radius 3 is 2.64 bits per heavy atom. The number of azo groups is 1. The first kappa shape index (κ1) is 19.8. The van der Waals surface area contributed by atoms with Crippen molar-refractivity contribution in [3.63, 3.8) is 0 Å². The van der Waals surface area contributed by atoms with Gasteiger partial charge in [-0.3, -0.25) is 4.79 Å². The number of H-pyrrole nitrogens is 1. The Kier molecular flexibility index (Phi) is 6.60.